The maximum Gasteiger partial charge on any atom is 0.194 e. The van der Waals surface area contributed by atoms with E-state index in [1.54, 1.807) is 0 Å². The van der Waals surface area contributed by atoms with Crippen LogP contribution in [0, 0.1) is 13.8 Å². The molecule has 6 nitrogen and oxygen atoms in total. The van der Waals surface area contributed by atoms with Crippen molar-refractivity contribution in [2.75, 3.05) is 38.1 Å². The third-order valence-corrected chi connectivity index (χ3v) is 4.92. The minimum absolute atomic E-state index is 0.748. The molecule has 3 rings (SSSR count). The van der Waals surface area contributed by atoms with Gasteiger partial charge in [0.15, 0.2) is 5.96 Å². The number of anilines is 1. The van der Waals surface area contributed by atoms with Gasteiger partial charge in [-0.3, -0.25) is 9.67 Å². The van der Waals surface area contributed by atoms with Gasteiger partial charge in [-0.05, 0) is 31.0 Å². The van der Waals surface area contributed by atoms with Gasteiger partial charge in [-0.25, -0.2) is 0 Å². The van der Waals surface area contributed by atoms with Gasteiger partial charge < -0.3 is 15.1 Å². The predicted octanol–water partition coefficient (Wildman–Crippen LogP) is 1.93. The average Bonchev–Trinajstić information content (AvgIpc) is 3.04. The molecule has 0 aliphatic carbocycles. The van der Waals surface area contributed by atoms with Gasteiger partial charge in [-0.2, -0.15) is 5.10 Å². The summed E-state index contributed by atoms with van der Waals surface area (Å²) in [6.07, 6.45) is 3.91. The molecule has 1 aromatic heterocycles. The van der Waals surface area contributed by atoms with Crippen LogP contribution in [0.5, 0.6) is 0 Å². The van der Waals surface area contributed by atoms with Crippen molar-refractivity contribution >= 4 is 11.6 Å². The van der Waals surface area contributed by atoms with Crippen molar-refractivity contribution in [1.82, 2.24) is 20.0 Å². The second-order valence-electron chi connectivity index (χ2n) is 6.62. The lowest BCUT2D eigenvalue weighted by Gasteiger charge is -2.38. The van der Waals surface area contributed by atoms with Crippen LogP contribution in [0.2, 0.25) is 0 Å². The first kappa shape index (κ1) is 17.3. The lowest BCUT2D eigenvalue weighted by molar-refractivity contribution is 0.372. The molecule has 0 spiro atoms. The molecule has 1 fully saturated rings. The van der Waals surface area contributed by atoms with E-state index in [0.717, 1.165) is 44.2 Å². The number of nitrogens with one attached hydrogen (secondary N) is 1. The Kier molecular flexibility index (Phi) is 5.26. The normalized spacial score (nSPS) is 15.6. The van der Waals surface area contributed by atoms with E-state index in [4.69, 9.17) is 0 Å². The van der Waals surface area contributed by atoms with E-state index < -0.39 is 0 Å². The van der Waals surface area contributed by atoms with Crippen molar-refractivity contribution in [2.24, 2.45) is 12.0 Å². The topological polar surface area (TPSA) is 48.7 Å². The lowest BCUT2D eigenvalue weighted by Crippen LogP contribution is -2.52. The average molecular weight is 340 g/mol. The summed E-state index contributed by atoms with van der Waals surface area (Å²) in [6.45, 7) is 9.11. The third kappa shape index (κ3) is 3.95. The van der Waals surface area contributed by atoms with Gasteiger partial charge in [0.1, 0.15) is 0 Å². The largest absolute Gasteiger partial charge is 0.368 e. The highest BCUT2D eigenvalue weighted by molar-refractivity contribution is 5.80. The molecule has 1 aliphatic heterocycles. The molecule has 2 aromatic rings. The Labute approximate surface area is 150 Å². The number of benzene rings is 1. The number of guanidine groups is 1. The molecule has 6 heteroatoms. The monoisotopic (exact) mass is 340 g/mol. The molecule has 134 valence electrons. The number of nitrogens with zero attached hydrogens (tertiary/aromatic N) is 5. The molecule has 1 aromatic carbocycles. The van der Waals surface area contributed by atoms with E-state index in [9.17, 15) is 0 Å². The molecule has 0 amide bonds. The summed E-state index contributed by atoms with van der Waals surface area (Å²) in [6, 6.07) is 6.56. The fourth-order valence-electron chi connectivity index (χ4n) is 3.31. The smallest absolute Gasteiger partial charge is 0.194 e. The Morgan fingerprint density at radius 1 is 1.20 bits per heavy atom. The van der Waals surface area contributed by atoms with E-state index in [1.165, 1.54) is 16.8 Å². The first-order valence-electron chi connectivity index (χ1n) is 8.83. The zero-order chi connectivity index (χ0) is 17.8. The molecule has 0 atom stereocenters. The number of aromatic nitrogens is 2. The molecule has 1 N–H and O–H groups in total. The van der Waals surface area contributed by atoms with E-state index in [0.29, 0.717) is 0 Å². The molecule has 0 unspecified atom stereocenters. The Morgan fingerprint density at radius 2 is 1.96 bits per heavy atom. The standard InChI is InChI=1S/C19H28N6/c1-15-6-5-7-18(16(15)2)24-8-10-25(11-9-24)19(20-3)21-12-17-13-22-23(4)14-17/h5-7,13-14H,8-12H2,1-4H3,(H,20,21). The summed E-state index contributed by atoms with van der Waals surface area (Å²) in [5, 5.41) is 7.66. The summed E-state index contributed by atoms with van der Waals surface area (Å²) < 4.78 is 1.82. The number of piperazine rings is 1. The van der Waals surface area contributed by atoms with Crippen molar-refractivity contribution in [3.05, 3.63) is 47.3 Å². The van der Waals surface area contributed by atoms with Crippen molar-refractivity contribution in [3.8, 4) is 0 Å². The minimum atomic E-state index is 0.748. The van der Waals surface area contributed by atoms with Gasteiger partial charge in [0.2, 0.25) is 0 Å². The lowest BCUT2D eigenvalue weighted by atomic mass is 10.1. The third-order valence-electron chi connectivity index (χ3n) is 4.92. The summed E-state index contributed by atoms with van der Waals surface area (Å²) in [4.78, 5) is 9.26. The Hall–Kier alpha value is -2.50. The highest BCUT2D eigenvalue weighted by atomic mass is 15.3. The Balaban J connectivity index is 1.57. The van der Waals surface area contributed by atoms with Crippen LogP contribution >= 0.6 is 0 Å². The number of hydrogen-bond donors (Lipinski definition) is 1. The maximum absolute atomic E-state index is 4.45. The molecule has 2 heterocycles. The summed E-state index contributed by atoms with van der Waals surface area (Å²) in [5.74, 6) is 0.962. The van der Waals surface area contributed by atoms with Crippen molar-refractivity contribution in [3.63, 3.8) is 0 Å². The SMILES string of the molecule is CN=C(NCc1cnn(C)c1)N1CCN(c2cccc(C)c2C)CC1. The van der Waals surface area contributed by atoms with Gasteiger partial charge in [0.25, 0.3) is 0 Å². The van der Waals surface area contributed by atoms with Gasteiger partial charge in [-0.1, -0.05) is 12.1 Å². The number of hydrogen-bond acceptors (Lipinski definition) is 3. The van der Waals surface area contributed by atoms with E-state index >= 15 is 0 Å². The number of aliphatic imine (C=N–C) groups is 1. The van der Waals surface area contributed by atoms with Gasteiger partial charge in [0, 0.05) is 64.3 Å². The van der Waals surface area contributed by atoms with Crippen LogP contribution in [0.4, 0.5) is 5.69 Å². The Morgan fingerprint density at radius 3 is 2.60 bits per heavy atom. The van der Waals surface area contributed by atoms with Crippen molar-refractivity contribution < 1.29 is 0 Å². The molecule has 0 radical (unpaired) electrons. The summed E-state index contributed by atoms with van der Waals surface area (Å²) in [7, 11) is 3.79. The number of aryl methyl sites for hydroxylation is 2. The van der Waals surface area contributed by atoms with Crippen LogP contribution in [0.25, 0.3) is 0 Å². The van der Waals surface area contributed by atoms with Crippen LogP contribution in [-0.2, 0) is 13.6 Å². The molecule has 1 aliphatic rings. The van der Waals surface area contributed by atoms with Gasteiger partial charge >= 0.3 is 0 Å². The molecule has 1 saturated heterocycles. The number of rotatable bonds is 3. The summed E-state index contributed by atoms with van der Waals surface area (Å²) in [5.41, 5.74) is 5.26. The van der Waals surface area contributed by atoms with Crippen LogP contribution < -0.4 is 10.2 Å². The van der Waals surface area contributed by atoms with Crippen LogP contribution in [-0.4, -0.2) is 53.9 Å². The van der Waals surface area contributed by atoms with Crippen molar-refractivity contribution in [1.29, 1.82) is 0 Å². The fourth-order valence-corrected chi connectivity index (χ4v) is 3.31. The predicted molar refractivity (Wildman–Crippen MR) is 103 cm³/mol. The van der Waals surface area contributed by atoms with E-state index in [2.05, 4.69) is 57.3 Å². The molecule has 0 saturated carbocycles. The molecule has 25 heavy (non-hydrogen) atoms. The maximum atomic E-state index is 4.45. The van der Waals surface area contributed by atoms with Gasteiger partial charge in [-0.15, -0.1) is 0 Å². The van der Waals surface area contributed by atoms with E-state index in [-0.39, 0.29) is 0 Å². The first-order chi connectivity index (χ1) is 12.1. The van der Waals surface area contributed by atoms with Gasteiger partial charge in [0.05, 0.1) is 6.20 Å². The highest BCUT2D eigenvalue weighted by Gasteiger charge is 2.21. The first-order valence-corrected chi connectivity index (χ1v) is 8.83. The second kappa shape index (κ2) is 7.59. The summed E-state index contributed by atoms with van der Waals surface area (Å²) >= 11 is 0. The zero-order valence-electron chi connectivity index (χ0n) is 15.7. The van der Waals surface area contributed by atoms with Crippen LogP contribution in [0.15, 0.2) is 35.6 Å². The highest BCUT2D eigenvalue weighted by Crippen LogP contribution is 2.23. The van der Waals surface area contributed by atoms with E-state index in [1.807, 2.05) is 31.2 Å². The quantitative estimate of drug-likeness (QED) is 0.685. The zero-order valence-corrected chi connectivity index (χ0v) is 15.7. The van der Waals surface area contributed by atoms with Crippen LogP contribution in [0.3, 0.4) is 0 Å². The molecular formula is C19H28N6. The molecule has 0 bridgehead atoms. The Bertz CT molecular complexity index is 740. The molecular weight excluding hydrogens is 312 g/mol. The van der Waals surface area contributed by atoms with Crippen molar-refractivity contribution in [2.45, 2.75) is 20.4 Å². The van der Waals surface area contributed by atoms with Crippen LogP contribution in [0.1, 0.15) is 16.7 Å². The fraction of sp³-hybridized carbons (Fsp3) is 0.474. The minimum Gasteiger partial charge on any atom is -0.368 e. The second-order valence-corrected chi connectivity index (χ2v) is 6.62.